The zero-order valence-electron chi connectivity index (χ0n) is 12.1. The van der Waals surface area contributed by atoms with E-state index in [4.69, 9.17) is 5.11 Å². The highest BCUT2D eigenvalue weighted by Gasteiger charge is 2.16. The van der Waals surface area contributed by atoms with Gasteiger partial charge in [-0.3, -0.25) is 0 Å². The lowest BCUT2D eigenvalue weighted by Gasteiger charge is -2.15. The van der Waals surface area contributed by atoms with Gasteiger partial charge in [0.05, 0.1) is 0 Å². The van der Waals surface area contributed by atoms with Crippen molar-refractivity contribution in [1.29, 1.82) is 0 Å². The van der Waals surface area contributed by atoms with Crippen LogP contribution in [0.4, 0.5) is 16.2 Å². The van der Waals surface area contributed by atoms with Crippen LogP contribution in [0.15, 0.2) is 18.2 Å². The summed E-state index contributed by atoms with van der Waals surface area (Å²) in [6.45, 7) is 3.75. The van der Waals surface area contributed by atoms with E-state index >= 15 is 0 Å². The summed E-state index contributed by atoms with van der Waals surface area (Å²) < 4.78 is 0. The normalized spacial score (nSPS) is 14.8. The molecular weight excluding hydrogens is 254 g/mol. The number of fused-ring (bicyclic) bond motifs is 1. The maximum absolute atomic E-state index is 11.8. The molecule has 5 nitrogen and oxygen atoms in total. The number of benzene rings is 1. The van der Waals surface area contributed by atoms with Crippen LogP contribution < -0.4 is 15.5 Å². The number of aliphatic hydroxyl groups is 1. The Morgan fingerprint density at radius 3 is 3.05 bits per heavy atom. The number of rotatable bonds is 5. The molecular formula is C15H23N3O2. The largest absolute Gasteiger partial charge is 0.396 e. The van der Waals surface area contributed by atoms with Gasteiger partial charge >= 0.3 is 6.03 Å². The molecule has 1 aliphatic rings. The summed E-state index contributed by atoms with van der Waals surface area (Å²) in [6, 6.07) is 5.83. The molecule has 1 atom stereocenters. The molecule has 0 fully saturated rings. The van der Waals surface area contributed by atoms with Crippen LogP contribution in [0, 0.1) is 5.92 Å². The number of nitrogens with one attached hydrogen (secondary N) is 2. The summed E-state index contributed by atoms with van der Waals surface area (Å²) in [5.41, 5.74) is 3.33. The molecule has 1 aromatic carbocycles. The number of carbonyl (C=O) groups is 1. The Labute approximate surface area is 120 Å². The van der Waals surface area contributed by atoms with Gasteiger partial charge in [0.1, 0.15) is 0 Å². The van der Waals surface area contributed by atoms with Gasteiger partial charge in [-0.2, -0.15) is 0 Å². The molecule has 0 aromatic heterocycles. The van der Waals surface area contributed by atoms with Crippen molar-refractivity contribution in [3.05, 3.63) is 23.8 Å². The van der Waals surface area contributed by atoms with E-state index in [9.17, 15) is 4.79 Å². The van der Waals surface area contributed by atoms with Crippen molar-refractivity contribution in [3.63, 3.8) is 0 Å². The minimum atomic E-state index is -0.199. The number of likely N-dealkylation sites (N-methyl/N-ethyl adjacent to an activating group) is 1. The SMILES string of the molecule is CC(CCO)CNC(=O)Nc1ccc2c(c1)N(C)CC2. The monoisotopic (exact) mass is 277 g/mol. The van der Waals surface area contributed by atoms with E-state index < -0.39 is 0 Å². The summed E-state index contributed by atoms with van der Waals surface area (Å²) in [5, 5.41) is 14.5. The maximum atomic E-state index is 11.8. The number of aliphatic hydroxyl groups excluding tert-OH is 1. The number of anilines is 2. The first-order chi connectivity index (χ1) is 9.60. The van der Waals surface area contributed by atoms with Crippen molar-refractivity contribution in [2.24, 2.45) is 5.92 Å². The highest BCUT2D eigenvalue weighted by atomic mass is 16.3. The molecule has 0 aliphatic carbocycles. The molecule has 0 saturated heterocycles. The van der Waals surface area contributed by atoms with Crippen molar-refractivity contribution in [1.82, 2.24) is 5.32 Å². The van der Waals surface area contributed by atoms with Crippen LogP contribution in [0.1, 0.15) is 18.9 Å². The van der Waals surface area contributed by atoms with Crippen LogP contribution in [0.25, 0.3) is 0 Å². The second-order valence-corrected chi connectivity index (χ2v) is 5.47. The van der Waals surface area contributed by atoms with Crippen molar-refractivity contribution in [2.45, 2.75) is 19.8 Å². The van der Waals surface area contributed by atoms with Crippen molar-refractivity contribution >= 4 is 17.4 Å². The summed E-state index contributed by atoms with van der Waals surface area (Å²) in [6.07, 6.45) is 1.76. The first-order valence-corrected chi connectivity index (χ1v) is 7.10. The Bertz CT molecular complexity index is 476. The molecule has 0 radical (unpaired) electrons. The van der Waals surface area contributed by atoms with Crippen LogP contribution in [0.3, 0.4) is 0 Å². The van der Waals surface area contributed by atoms with E-state index in [1.54, 1.807) is 0 Å². The molecule has 2 rings (SSSR count). The fourth-order valence-electron chi connectivity index (χ4n) is 2.38. The minimum absolute atomic E-state index is 0.154. The molecule has 0 saturated carbocycles. The van der Waals surface area contributed by atoms with Crippen molar-refractivity contribution < 1.29 is 9.90 Å². The van der Waals surface area contributed by atoms with Gasteiger partial charge in [-0.25, -0.2) is 4.79 Å². The first-order valence-electron chi connectivity index (χ1n) is 7.10. The molecule has 20 heavy (non-hydrogen) atoms. The second-order valence-electron chi connectivity index (χ2n) is 5.47. The highest BCUT2D eigenvalue weighted by Crippen LogP contribution is 2.29. The zero-order chi connectivity index (χ0) is 14.5. The van der Waals surface area contributed by atoms with Gasteiger partial charge in [-0.05, 0) is 36.5 Å². The van der Waals surface area contributed by atoms with E-state index in [0.29, 0.717) is 13.0 Å². The van der Waals surface area contributed by atoms with Crippen LogP contribution in [0.2, 0.25) is 0 Å². The molecule has 1 heterocycles. The fraction of sp³-hybridized carbons (Fsp3) is 0.533. The van der Waals surface area contributed by atoms with Gasteiger partial charge in [-0.1, -0.05) is 13.0 Å². The smallest absolute Gasteiger partial charge is 0.319 e. The molecule has 0 bridgehead atoms. The van der Waals surface area contributed by atoms with Gasteiger partial charge in [-0.15, -0.1) is 0 Å². The van der Waals surface area contributed by atoms with Crippen LogP contribution >= 0.6 is 0 Å². The number of carbonyl (C=O) groups excluding carboxylic acids is 1. The summed E-state index contributed by atoms with van der Waals surface area (Å²) in [7, 11) is 2.06. The lowest BCUT2D eigenvalue weighted by atomic mass is 10.1. The zero-order valence-corrected chi connectivity index (χ0v) is 12.1. The summed E-state index contributed by atoms with van der Waals surface area (Å²) in [4.78, 5) is 14.0. The predicted molar refractivity (Wildman–Crippen MR) is 81.3 cm³/mol. The number of hydrogen-bond donors (Lipinski definition) is 3. The maximum Gasteiger partial charge on any atom is 0.319 e. The number of amides is 2. The van der Waals surface area contributed by atoms with E-state index in [-0.39, 0.29) is 18.6 Å². The third kappa shape index (κ3) is 3.63. The molecule has 0 spiro atoms. The Kier molecular flexibility index (Phi) is 4.84. The van der Waals surface area contributed by atoms with Gasteiger partial charge in [0, 0.05) is 38.1 Å². The molecule has 5 heteroatoms. The molecule has 1 unspecified atom stereocenters. The predicted octanol–water partition coefficient (Wildman–Crippen LogP) is 1.82. The second kappa shape index (κ2) is 6.61. The van der Waals surface area contributed by atoms with Crippen molar-refractivity contribution in [2.75, 3.05) is 37.0 Å². The van der Waals surface area contributed by atoms with Crippen LogP contribution in [-0.2, 0) is 6.42 Å². The van der Waals surface area contributed by atoms with Gasteiger partial charge < -0.3 is 20.6 Å². The number of hydrogen-bond acceptors (Lipinski definition) is 3. The average Bonchev–Trinajstić information content (AvgIpc) is 2.78. The first kappa shape index (κ1) is 14.7. The Hall–Kier alpha value is -1.75. The Balaban J connectivity index is 1.87. The standard InChI is InChI=1S/C15H23N3O2/c1-11(6-8-19)10-16-15(20)17-13-4-3-12-5-7-18(2)14(12)9-13/h3-4,9,11,19H,5-8,10H2,1-2H3,(H2,16,17,20). The Morgan fingerprint density at radius 1 is 1.50 bits per heavy atom. The molecule has 1 aromatic rings. The van der Waals surface area contributed by atoms with E-state index in [2.05, 4.69) is 28.6 Å². The quantitative estimate of drug-likeness (QED) is 0.769. The number of urea groups is 1. The van der Waals surface area contributed by atoms with Gasteiger partial charge in [0.2, 0.25) is 0 Å². The highest BCUT2D eigenvalue weighted by molar-refractivity contribution is 5.90. The average molecular weight is 277 g/mol. The fourth-order valence-corrected chi connectivity index (χ4v) is 2.38. The van der Waals surface area contributed by atoms with Crippen LogP contribution in [0.5, 0.6) is 0 Å². The third-order valence-corrected chi connectivity index (χ3v) is 3.70. The summed E-state index contributed by atoms with van der Waals surface area (Å²) in [5.74, 6) is 0.275. The van der Waals surface area contributed by atoms with Crippen LogP contribution in [-0.4, -0.2) is 37.9 Å². The number of nitrogens with zero attached hydrogens (tertiary/aromatic N) is 1. The lowest BCUT2D eigenvalue weighted by molar-refractivity contribution is 0.243. The van der Waals surface area contributed by atoms with Gasteiger partial charge in [0.15, 0.2) is 0 Å². The minimum Gasteiger partial charge on any atom is -0.396 e. The van der Waals surface area contributed by atoms with Gasteiger partial charge in [0.25, 0.3) is 0 Å². The van der Waals surface area contributed by atoms with E-state index in [0.717, 1.165) is 18.7 Å². The summed E-state index contributed by atoms with van der Waals surface area (Å²) >= 11 is 0. The topological polar surface area (TPSA) is 64.6 Å². The van der Waals surface area contributed by atoms with Crippen molar-refractivity contribution in [3.8, 4) is 0 Å². The van der Waals surface area contributed by atoms with E-state index in [1.807, 2.05) is 19.1 Å². The molecule has 3 N–H and O–H groups in total. The molecule has 1 aliphatic heterocycles. The Morgan fingerprint density at radius 2 is 2.30 bits per heavy atom. The van der Waals surface area contributed by atoms with E-state index in [1.165, 1.54) is 11.3 Å². The molecule has 110 valence electrons. The third-order valence-electron chi connectivity index (χ3n) is 3.70. The molecule has 2 amide bonds. The lowest BCUT2D eigenvalue weighted by Crippen LogP contribution is -2.32.